The summed E-state index contributed by atoms with van der Waals surface area (Å²) in [5.74, 6) is 0.860. The van der Waals surface area contributed by atoms with Crippen LogP contribution in [0, 0.1) is 0 Å². The summed E-state index contributed by atoms with van der Waals surface area (Å²) in [6, 6.07) is 4.94. The van der Waals surface area contributed by atoms with Crippen molar-refractivity contribution >= 4 is 0 Å². The van der Waals surface area contributed by atoms with E-state index in [9.17, 15) is 5.11 Å². The Bertz CT molecular complexity index is 284. The molecule has 0 saturated carbocycles. The Morgan fingerprint density at radius 3 is 2.77 bits per heavy atom. The van der Waals surface area contributed by atoms with Crippen LogP contribution in [-0.2, 0) is 0 Å². The molecule has 1 aromatic rings. The van der Waals surface area contributed by atoms with Crippen LogP contribution in [0.3, 0.4) is 0 Å². The van der Waals surface area contributed by atoms with Gasteiger partial charge in [0.05, 0.1) is 12.2 Å². The number of aromatic hydroxyl groups is 1. The maximum Gasteiger partial charge on any atom is 0.127 e. The summed E-state index contributed by atoms with van der Waals surface area (Å²) < 4.78 is 5.34. The first-order chi connectivity index (χ1) is 6.16. The Morgan fingerprint density at radius 2 is 2.23 bits per heavy atom. The molecule has 3 nitrogen and oxygen atoms in total. The molecule has 1 atom stereocenters. The molecule has 72 valence electrons. The number of phenolic OH excluding ortho intramolecular Hbond substituents is 1. The zero-order valence-corrected chi connectivity index (χ0v) is 7.95. The van der Waals surface area contributed by atoms with E-state index in [1.54, 1.807) is 12.1 Å². The molecule has 3 heteroatoms. The van der Waals surface area contributed by atoms with Crippen LogP contribution in [0.15, 0.2) is 18.2 Å². The first kappa shape index (κ1) is 9.86. The first-order valence-electron chi connectivity index (χ1n) is 4.37. The van der Waals surface area contributed by atoms with Gasteiger partial charge in [0.25, 0.3) is 0 Å². The lowest BCUT2D eigenvalue weighted by atomic mass is 10.1. The highest BCUT2D eigenvalue weighted by atomic mass is 16.5. The summed E-state index contributed by atoms with van der Waals surface area (Å²) in [6.45, 7) is 4.29. The second-order valence-electron chi connectivity index (χ2n) is 2.91. The third-order valence-electron chi connectivity index (χ3n) is 1.80. The molecule has 0 bridgehead atoms. The van der Waals surface area contributed by atoms with Crippen LogP contribution in [0.5, 0.6) is 11.5 Å². The van der Waals surface area contributed by atoms with Gasteiger partial charge in [-0.1, -0.05) is 6.07 Å². The predicted octanol–water partition coefficient (Wildman–Crippen LogP) is 1.81. The molecule has 0 spiro atoms. The van der Waals surface area contributed by atoms with E-state index in [1.165, 1.54) is 0 Å². The van der Waals surface area contributed by atoms with Crippen LogP contribution in [0.1, 0.15) is 25.5 Å². The van der Waals surface area contributed by atoms with Crippen LogP contribution in [0.2, 0.25) is 0 Å². The van der Waals surface area contributed by atoms with Gasteiger partial charge in [0, 0.05) is 6.04 Å². The van der Waals surface area contributed by atoms with Crippen LogP contribution < -0.4 is 10.5 Å². The number of nitrogens with two attached hydrogens (primary N) is 1. The largest absolute Gasteiger partial charge is 0.507 e. The van der Waals surface area contributed by atoms with Crippen LogP contribution >= 0.6 is 0 Å². The summed E-state index contributed by atoms with van der Waals surface area (Å²) in [4.78, 5) is 0. The molecule has 0 aromatic heterocycles. The minimum Gasteiger partial charge on any atom is -0.507 e. The van der Waals surface area contributed by atoms with Gasteiger partial charge in [-0.2, -0.15) is 0 Å². The predicted molar refractivity (Wildman–Crippen MR) is 51.9 cm³/mol. The van der Waals surface area contributed by atoms with E-state index in [2.05, 4.69) is 0 Å². The van der Waals surface area contributed by atoms with E-state index in [4.69, 9.17) is 10.5 Å². The van der Waals surface area contributed by atoms with E-state index < -0.39 is 0 Å². The fourth-order valence-electron chi connectivity index (χ4n) is 1.27. The average molecular weight is 181 g/mol. The minimum atomic E-state index is -0.220. The second-order valence-corrected chi connectivity index (χ2v) is 2.91. The van der Waals surface area contributed by atoms with Crippen molar-refractivity contribution in [2.75, 3.05) is 6.61 Å². The third kappa shape index (κ3) is 2.12. The molecule has 0 amide bonds. The first-order valence-corrected chi connectivity index (χ1v) is 4.37. The van der Waals surface area contributed by atoms with Crippen LogP contribution in [-0.4, -0.2) is 11.7 Å². The molecule has 0 fully saturated rings. The van der Waals surface area contributed by atoms with Gasteiger partial charge >= 0.3 is 0 Å². The molecule has 1 rings (SSSR count). The van der Waals surface area contributed by atoms with Gasteiger partial charge in [-0.05, 0) is 26.0 Å². The summed E-state index contributed by atoms with van der Waals surface area (Å²) >= 11 is 0. The Balaban J connectivity index is 3.10. The topological polar surface area (TPSA) is 55.5 Å². The molecule has 0 aliphatic carbocycles. The molecular formula is C10H15NO2. The summed E-state index contributed by atoms with van der Waals surface area (Å²) in [6.07, 6.45) is 0. The Kier molecular flexibility index (Phi) is 3.14. The lowest BCUT2D eigenvalue weighted by Crippen LogP contribution is -2.08. The normalized spacial score (nSPS) is 12.5. The van der Waals surface area contributed by atoms with Gasteiger partial charge in [0.2, 0.25) is 0 Å². The van der Waals surface area contributed by atoms with Crippen molar-refractivity contribution in [2.24, 2.45) is 5.73 Å². The van der Waals surface area contributed by atoms with Crippen molar-refractivity contribution in [1.82, 2.24) is 0 Å². The van der Waals surface area contributed by atoms with E-state index >= 15 is 0 Å². The van der Waals surface area contributed by atoms with Crippen molar-refractivity contribution < 1.29 is 9.84 Å². The van der Waals surface area contributed by atoms with E-state index in [0.717, 1.165) is 0 Å². The molecule has 1 aromatic carbocycles. The van der Waals surface area contributed by atoms with Crippen molar-refractivity contribution in [2.45, 2.75) is 19.9 Å². The highest BCUT2D eigenvalue weighted by Gasteiger charge is 2.11. The lowest BCUT2D eigenvalue weighted by molar-refractivity contribution is 0.330. The van der Waals surface area contributed by atoms with Crippen molar-refractivity contribution in [3.63, 3.8) is 0 Å². The number of ether oxygens (including phenoxy) is 1. The van der Waals surface area contributed by atoms with Crippen molar-refractivity contribution in [3.8, 4) is 11.5 Å². The molecule has 0 aliphatic heterocycles. The smallest absolute Gasteiger partial charge is 0.127 e. The fourth-order valence-corrected chi connectivity index (χ4v) is 1.27. The Hall–Kier alpha value is -1.22. The van der Waals surface area contributed by atoms with Gasteiger partial charge in [-0.25, -0.2) is 0 Å². The molecule has 0 heterocycles. The maximum atomic E-state index is 9.53. The summed E-state index contributed by atoms with van der Waals surface area (Å²) in [5, 5.41) is 9.53. The van der Waals surface area contributed by atoms with Gasteiger partial charge in [0.15, 0.2) is 0 Å². The summed E-state index contributed by atoms with van der Waals surface area (Å²) in [7, 11) is 0. The zero-order chi connectivity index (χ0) is 9.84. The third-order valence-corrected chi connectivity index (χ3v) is 1.80. The zero-order valence-electron chi connectivity index (χ0n) is 7.95. The lowest BCUT2D eigenvalue weighted by Gasteiger charge is -2.14. The van der Waals surface area contributed by atoms with Crippen LogP contribution in [0.4, 0.5) is 0 Å². The number of hydrogen-bond acceptors (Lipinski definition) is 3. The van der Waals surface area contributed by atoms with Crippen molar-refractivity contribution in [3.05, 3.63) is 23.8 Å². The van der Waals surface area contributed by atoms with Gasteiger partial charge in [0.1, 0.15) is 11.5 Å². The number of rotatable bonds is 3. The molecule has 0 aliphatic rings. The Labute approximate surface area is 78.1 Å². The standard InChI is InChI=1S/C10H15NO2/c1-3-13-9-6-4-5-8(12)10(9)7(2)11/h4-7,12H,3,11H2,1-2H3. The molecule has 1 unspecified atom stereocenters. The fraction of sp³-hybridized carbons (Fsp3) is 0.400. The highest BCUT2D eigenvalue weighted by molar-refractivity contribution is 5.45. The van der Waals surface area contributed by atoms with E-state index in [-0.39, 0.29) is 11.8 Å². The number of benzene rings is 1. The monoisotopic (exact) mass is 181 g/mol. The average Bonchev–Trinajstić information content (AvgIpc) is 2.04. The molecule has 3 N–H and O–H groups in total. The molecule has 13 heavy (non-hydrogen) atoms. The van der Waals surface area contributed by atoms with Gasteiger partial charge < -0.3 is 15.6 Å². The SMILES string of the molecule is CCOc1cccc(O)c1C(C)N. The molecule has 0 saturated heterocycles. The number of hydrogen-bond donors (Lipinski definition) is 2. The van der Waals surface area contributed by atoms with E-state index in [0.29, 0.717) is 17.9 Å². The van der Waals surface area contributed by atoms with Gasteiger partial charge in [-0.3, -0.25) is 0 Å². The van der Waals surface area contributed by atoms with Crippen molar-refractivity contribution in [1.29, 1.82) is 0 Å². The molecule has 0 radical (unpaired) electrons. The maximum absolute atomic E-state index is 9.53. The Morgan fingerprint density at radius 1 is 1.54 bits per heavy atom. The quantitative estimate of drug-likeness (QED) is 0.747. The van der Waals surface area contributed by atoms with Gasteiger partial charge in [-0.15, -0.1) is 0 Å². The second kappa shape index (κ2) is 4.14. The van der Waals surface area contributed by atoms with Crippen LogP contribution in [0.25, 0.3) is 0 Å². The molecular weight excluding hydrogens is 166 g/mol. The minimum absolute atomic E-state index is 0.195. The highest BCUT2D eigenvalue weighted by Crippen LogP contribution is 2.31. The number of phenols is 1. The van der Waals surface area contributed by atoms with E-state index in [1.807, 2.05) is 19.9 Å². The summed E-state index contributed by atoms with van der Waals surface area (Å²) in [5.41, 5.74) is 6.38.